The zero-order chi connectivity index (χ0) is 14.5. The lowest BCUT2D eigenvalue weighted by Gasteiger charge is -2.08. The van der Waals surface area contributed by atoms with Crippen molar-refractivity contribution in [2.24, 2.45) is 0 Å². The summed E-state index contributed by atoms with van der Waals surface area (Å²) in [6.45, 7) is 0. The minimum absolute atomic E-state index is 0.0436. The lowest BCUT2D eigenvalue weighted by Crippen LogP contribution is -2.13. The predicted octanol–water partition coefficient (Wildman–Crippen LogP) is 3.79. The van der Waals surface area contributed by atoms with Gasteiger partial charge in [-0.1, -0.05) is 0 Å². The van der Waals surface area contributed by atoms with Crippen molar-refractivity contribution >= 4 is 23.4 Å². The van der Waals surface area contributed by atoms with Gasteiger partial charge in [-0.2, -0.15) is 8.78 Å². The van der Waals surface area contributed by atoms with Gasteiger partial charge in [0.2, 0.25) is 0 Å². The molecule has 7 heteroatoms. The highest BCUT2D eigenvalue weighted by Crippen LogP contribution is 2.26. The van der Waals surface area contributed by atoms with Crippen molar-refractivity contribution in [1.29, 1.82) is 0 Å². The Morgan fingerprint density at radius 1 is 1.20 bits per heavy atom. The number of thioether (sulfide) groups is 1. The molecule has 20 heavy (non-hydrogen) atoms. The van der Waals surface area contributed by atoms with Crippen LogP contribution in [0, 0.1) is 5.82 Å². The second-order valence-corrected chi connectivity index (χ2v) is 4.67. The number of aromatic nitrogens is 1. The molecule has 0 unspecified atom stereocenters. The number of benzene rings is 1. The van der Waals surface area contributed by atoms with Crippen molar-refractivity contribution in [3.8, 4) is 0 Å². The highest BCUT2D eigenvalue weighted by Gasteiger charge is 2.16. The molecule has 2 rings (SSSR count). The monoisotopic (exact) mass is 298 g/mol. The zero-order valence-corrected chi connectivity index (χ0v) is 10.8. The molecule has 0 spiro atoms. The molecule has 0 aliphatic rings. The first-order valence-electron chi connectivity index (χ1n) is 5.53. The lowest BCUT2D eigenvalue weighted by atomic mass is 10.2. The number of rotatable bonds is 4. The topological polar surface area (TPSA) is 42.0 Å². The summed E-state index contributed by atoms with van der Waals surface area (Å²) in [5.41, 5.74) is 0.412. The molecule has 0 fully saturated rings. The van der Waals surface area contributed by atoms with Gasteiger partial charge in [0.15, 0.2) is 0 Å². The van der Waals surface area contributed by atoms with Crippen LogP contribution < -0.4 is 5.32 Å². The second kappa shape index (κ2) is 6.42. The average molecular weight is 298 g/mol. The van der Waals surface area contributed by atoms with Crippen molar-refractivity contribution in [1.82, 2.24) is 4.98 Å². The van der Waals surface area contributed by atoms with E-state index in [-0.39, 0.29) is 22.4 Å². The Kier molecular flexibility index (Phi) is 4.62. The number of carbonyl (C=O) groups excluding carboxylic acids is 1. The van der Waals surface area contributed by atoms with Gasteiger partial charge in [0.05, 0.1) is 5.56 Å². The Morgan fingerprint density at radius 2 is 1.90 bits per heavy atom. The maximum atomic E-state index is 12.7. The Morgan fingerprint density at radius 3 is 2.55 bits per heavy atom. The number of nitrogens with zero attached hydrogens (tertiary/aromatic N) is 1. The summed E-state index contributed by atoms with van der Waals surface area (Å²) in [6.07, 6.45) is 1.33. The maximum Gasteiger partial charge on any atom is 0.290 e. The quantitative estimate of drug-likeness (QED) is 0.873. The van der Waals surface area contributed by atoms with E-state index in [1.165, 1.54) is 42.6 Å². The number of halogens is 3. The van der Waals surface area contributed by atoms with Gasteiger partial charge in [0.25, 0.3) is 11.7 Å². The highest BCUT2D eigenvalue weighted by molar-refractivity contribution is 7.99. The van der Waals surface area contributed by atoms with Gasteiger partial charge in [0, 0.05) is 11.9 Å². The minimum atomic E-state index is -2.66. The van der Waals surface area contributed by atoms with E-state index in [1.54, 1.807) is 0 Å². The molecule has 2 aromatic rings. The van der Waals surface area contributed by atoms with Crippen LogP contribution in [0.3, 0.4) is 0 Å². The first kappa shape index (κ1) is 14.4. The van der Waals surface area contributed by atoms with Crippen LogP contribution in [0.2, 0.25) is 0 Å². The third-order valence-electron chi connectivity index (χ3n) is 2.32. The number of nitrogens with one attached hydrogen (secondary N) is 1. The molecular weight excluding hydrogens is 289 g/mol. The van der Waals surface area contributed by atoms with Crippen molar-refractivity contribution in [3.05, 3.63) is 54.0 Å². The molecule has 1 amide bonds. The molecule has 1 aromatic heterocycles. The van der Waals surface area contributed by atoms with E-state index >= 15 is 0 Å². The SMILES string of the molecule is O=C(Nc1ccc(F)cc1)c1cccnc1SC(F)F. The van der Waals surface area contributed by atoms with Gasteiger partial charge in [-0.25, -0.2) is 9.37 Å². The normalized spacial score (nSPS) is 10.6. The Hall–Kier alpha value is -2.02. The van der Waals surface area contributed by atoms with E-state index in [4.69, 9.17) is 0 Å². The molecule has 0 atom stereocenters. The fourth-order valence-electron chi connectivity index (χ4n) is 1.47. The van der Waals surface area contributed by atoms with Crippen LogP contribution in [0.5, 0.6) is 0 Å². The largest absolute Gasteiger partial charge is 0.322 e. The number of alkyl halides is 2. The third kappa shape index (κ3) is 3.74. The van der Waals surface area contributed by atoms with Crippen molar-refractivity contribution in [3.63, 3.8) is 0 Å². The number of hydrogen-bond donors (Lipinski definition) is 1. The molecule has 3 nitrogen and oxygen atoms in total. The first-order chi connectivity index (χ1) is 9.56. The van der Waals surface area contributed by atoms with Gasteiger partial charge in [-0.05, 0) is 48.2 Å². The maximum absolute atomic E-state index is 12.7. The smallest absolute Gasteiger partial charge is 0.290 e. The van der Waals surface area contributed by atoms with E-state index in [1.807, 2.05) is 0 Å². The van der Waals surface area contributed by atoms with E-state index < -0.39 is 17.5 Å². The van der Waals surface area contributed by atoms with Crippen molar-refractivity contribution in [2.75, 3.05) is 5.32 Å². The number of carbonyl (C=O) groups is 1. The van der Waals surface area contributed by atoms with Crippen LogP contribution in [0.15, 0.2) is 47.6 Å². The summed E-state index contributed by atoms with van der Waals surface area (Å²) in [7, 11) is 0. The van der Waals surface area contributed by atoms with Gasteiger partial charge >= 0.3 is 0 Å². The van der Waals surface area contributed by atoms with Crippen LogP contribution >= 0.6 is 11.8 Å². The Balaban J connectivity index is 2.18. The summed E-state index contributed by atoms with van der Waals surface area (Å²) >= 11 is 0.201. The molecule has 0 bridgehead atoms. The molecule has 0 aliphatic carbocycles. The molecule has 1 N–H and O–H groups in total. The van der Waals surface area contributed by atoms with E-state index in [2.05, 4.69) is 10.3 Å². The van der Waals surface area contributed by atoms with Gasteiger partial charge in [-0.15, -0.1) is 0 Å². The molecule has 0 aliphatic heterocycles. The lowest BCUT2D eigenvalue weighted by molar-refractivity contribution is 0.102. The zero-order valence-electron chi connectivity index (χ0n) is 10.0. The number of amides is 1. The van der Waals surface area contributed by atoms with Crippen LogP contribution in [-0.2, 0) is 0 Å². The van der Waals surface area contributed by atoms with Crippen molar-refractivity contribution < 1.29 is 18.0 Å². The first-order valence-corrected chi connectivity index (χ1v) is 6.41. The van der Waals surface area contributed by atoms with Gasteiger partial charge in [-0.3, -0.25) is 4.79 Å². The summed E-state index contributed by atoms with van der Waals surface area (Å²) in [5.74, 6) is -3.67. The van der Waals surface area contributed by atoms with E-state index in [0.717, 1.165) is 0 Å². The summed E-state index contributed by atoms with van der Waals surface area (Å²) < 4.78 is 37.5. The fourth-order valence-corrected chi connectivity index (χ4v) is 2.05. The van der Waals surface area contributed by atoms with Crippen LogP contribution in [0.25, 0.3) is 0 Å². The molecule has 0 radical (unpaired) electrons. The number of pyridine rings is 1. The molecule has 1 aromatic carbocycles. The van der Waals surface area contributed by atoms with Crippen LogP contribution in [0.4, 0.5) is 18.9 Å². The molecule has 0 saturated heterocycles. The third-order valence-corrected chi connectivity index (χ3v) is 3.05. The average Bonchev–Trinajstić information content (AvgIpc) is 2.41. The second-order valence-electron chi connectivity index (χ2n) is 3.70. The standard InChI is InChI=1S/C13H9F3N2OS/c14-8-3-5-9(6-4-8)18-11(19)10-2-1-7-17-12(10)20-13(15)16/h1-7,13H,(H,18,19). The van der Waals surface area contributed by atoms with Gasteiger partial charge < -0.3 is 5.32 Å². The van der Waals surface area contributed by atoms with E-state index in [0.29, 0.717) is 5.69 Å². The summed E-state index contributed by atoms with van der Waals surface area (Å²) in [6, 6.07) is 8.01. The highest BCUT2D eigenvalue weighted by atomic mass is 32.2. The van der Waals surface area contributed by atoms with Gasteiger partial charge in [0.1, 0.15) is 10.8 Å². The molecular formula is C13H9F3N2OS. The summed E-state index contributed by atoms with van der Waals surface area (Å²) in [5, 5.41) is 2.44. The van der Waals surface area contributed by atoms with Crippen LogP contribution in [-0.4, -0.2) is 16.6 Å². The van der Waals surface area contributed by atoms with Crippen molar-refractivity contribution in [2.45, 2.75) is 10.8 Å². The molecule has 104 valence electrons. The molecule has 0 saturated carbocycles. The van der Waals surface area contributed by atoms with Crippen LogP contribution in [0.1, 0.15) is 10.4 Å². The molecule has 1 heterocycles. The number of anilines is 1. The Bertz CT molecular complexity index is 605. The van der Waals surface area contributed by atoms with E-state index in [9.17, 15) is 18.0 Å². The number of hydrogen-bond acceptors (Lipinski definition) is 3. The predicted molar refractivity (Wildman–Crippen MR) is 70.5 cm³/mol. The minimum Gasteiger partial charge on any atom is -0.322 e. The Labute approximate surface area is 117 Å². The fraction of sp³-hybridized carbons (Fsp3) is 0.0769. The summed E-state index contributed by atoms with van der Waals surface area (Å²) in [4.78, 5) is 15.8.